The first-order valence-corrected chi connectivity index (χ1v) is 7.29. The Morgan fingerprint density at radius 1 is 1.21 bits per heavy atom. The van der Waals surface area contributed by atoms with Gasteiger partial charge in [-0.2, -0.15) is 5.10 Å². The average Bonchev–Trinajstić information content (AvgIpc) is 2.53. The van der Waals surface area contributed by atoms with Crippen molar-refractivity contribution < 1.29 is 14.6 Å². The molecule has 0 aliphatic heterocycles. The second kappa shape index (κ2) is 8.56. The van der Waals surface area contributed by atoms with Crippen LogP contribution in [0.1, 0.15) is 27.2 Å². The monoisotopic (exact) mass is 337 g/mol. The first-order chi connectivity index (χ1) is 11.3. The fraction of sp³-hybridized carbons (Fsp3) is 0.429. The van der Waals surface area contributed by atoms with E-state index < -0.39 is 15.5 Å². The molecular weight excluding hydrogens is 318 g/mol. The molecule has 24 heavy (non-hydrogen) atoms. The molecule has 1 aromatic rings. The smallest absolute Gasteiger partial charge is 0.301 e. The van der Waals surface area contributed by atoms with E-state index in [-0.39, 0.29) is 23.7 Å². The number of benzene rings is 1. The minimum Gasteiger partial charge on any atom is -0.343 e. The van der Waals surface area contributed by atoms with Gasteiger partial charge in [0.15, 0.2) is 0 Å². The SMILES string of the molecule is CCN(CC)C(=O)CC(C)=NNc1ccc([N+](=O)[O-])cc1[N+](=O)[O-]. The summed E-state index contributed by atoms with van der Waals surface area (Å²) >= 11 is 0. The van der Waals surface area contributed by atoms with Crippen LogP contribution in [-0.4, -0.2) is 39.5 Å². The second-order valence-corrected chi connectivity index (χ2v) is 4.92. The summed E-state index contributed by atoms with van der Waals surface area (Å²) in [6.45, 7) is 6.53. The molecule has 0 heterocycles. The van der Waals surface area contributed by atoms with E-state index in [4.69, 9.17) is 0 Å². The molecule has 0 aliphatic carbocycles. The predicted octanol–water partition coefficient (Wildman–Crippen LogP) is 2.55. The van der Waals surface area contributed by atoms with E-state index in [1.165, 1.54) is 6.07 Å². The van der Waals surface area contributed by atoms with E-state index in [0.717, 1.165) is 12.1 Å². The highest BCUT2D eigenvalue weighted by molar-refractivity contribution is 6.00. The van der Waals surface area contributed by atoms with Crippen LogP contribution in [0, 0.1) is 20.2 Å². The lowest BCUT2D eigenvalue weighted by atomic mass is 10.2. The van der Waals surface area contributed by atoms with Crippen LogP contribution in [0.25, 0.3) is 0 Å². The number of carbonyl (C=O) groups is 1. The number of nitrogens with zero attached hydrogens (tertiary/aromatic N) is 4. The van der Waals surface area contributed by atoms with Crippen LogP contribution in [0.2, 0.25) is 0 Å². The predicted molar refractivity (Wildman–Crippen MR) is 89.0 cm³/mol. The Kier molecular flexibility index (Phi) is 6.78. The Morgan fingerprint density at radius 3 is 2.33 bits per heavy atom. The number of nitrogens with one attached hydrogen (secondary N) is 1. The second-order valence-electron chi connectivity index (χ2n) is 4.92. The maximum Gasteiger partial charge on any atom is 0.301 e. The summed E-state index contributed by atoms with van der Waals surface area (Å²) in [6.07, 6.45) is 0.0788. The molecule has 1 amide bonds. The standard InChI is InChI=1S/C14H19N5O5/c1-4-17(5-2)14(20)8-10(3)15-16-12-7-6-11(18(21)22)9-13(12)19(23)24/h6-7,9,16H,4-5,8H2,1-3H3. The van der Waals surface area contributed by atoms with Gasteiger partial charge in [0.1, 0.15) is 5.69 Å². The number of anilines is 1. The molecule has 0 spiro atoms. The van der Waals surface area contributed by atoms with E-state index in [9.17, 15) is 25.0 Å². The lowest BCUT2D eigenvalue weighted by molar-refractivity contribution is -0.393. The van der Waals surface area contributed by atoms with Crippen molar-refractivity contribution in [1.82, 2.24) is 4.90 Å². The zero-order valence-electron chi connectivity index (χ0n) is 13.7. The van der Waals surface area contributed by atoms with Gasteiger partial charge in [0, 0.05) is 24.9 Å². The van der Waals surface area contributed by atoms with Gasteiger partial charge in [0.05, 0.1) is 22.3 Å². The van der Waals surface area contributed by atoms with Crippen molar-refractivity contribution in [2.24, 2.45) is 5.10 Å². The van der Waals surface area contributed by atoms with Gasteiger partial charge < -0.3 is 4.90 Å². The van der Waals surface area contributed by atoms with Gasteiger partial charge in [-0.1, -0.05) is 0 Å². The molecule has 1 rings (SSSR count). The van der Waals surface area contributed by atoms with Gasteiger partial charge in [0.25, 0.3) is 5.69 Å². The van der Waals surface area contributed by atoms with Crippen LogP contribution >= 0.6 is 0 Å². The number of hydrazone groups is 1. The van der Waals surface area contributed by atoms with Crippen LogP contribution in [0.4, 0.5) is 17.1 Å². The number of carbonyl (C=O) groups excluding carboxylic acids is 1. The number of amides is 1. The number of nitro groups is 2. The van der Waals surface area contributed by atoms with E-state index in [0.29, 0.717) is 18.8 Å². The minimum atomic E-state index is -0.735. The fourth-order valence-electron chi connectivity index (χ4n) is 1.98. The molecule has 0 radical (unpaired) electrons. The highest BCUT2D eigenvalue weighted by Crippen LogP contribution is 2.28. The largest absolute Gasteiger partial charge is 0.343 e. The molecule has 0 aliphatic rings. The number of nitro benzene ring substituents is 2. The third kappa shape index (κ3) is 5.00. The maximum atomic E-state index is 12.0. The molecule has 1 N–H and O–H groups in total. The topological polar surface area (TPSA) is 131 Å². The van der Waals surface area contributed by atoms with Crippen LogP contribution in [0.3, 0.4) is 0 Å². The van der Waals surface area contributed by atoms with Crippen LogP contribution < -0.4 is 5.43 Å². The van der Waals surface area contributed by atoms with E-state index >= 15 is 0 Å². The molecule has 0 unspecified atom stereocenters. The molecule has 10 nitrogen and oxygen atoms in total. The average molecular weight is 337 g/mol. The van der Waals surface area contributed by atoms with Gasteiger partial charge in [-0.25, -0.2) is 0 Å². The van der Waals surface area contributed by atoms with E-state index in [2.05, 4.69) is 10.5 Å². The number of rotatable bonds is 8. The van der Waals surface area contributed by atoms with Crippen molar-refractivity contribution in [3.05, 3.63) is 38.4 Å². The fourth-order valence-corrected chi connectivity index (χ4v) is 1.98. The number of hydrogen-bond acceptors (Lipinski definition) is 7. The van der Waals surface area contributed by atoms with Crippen LogP contribution in [0.15, 0.2) is 23.3 Å². The number of hydrogen-bond donors (Lipinski definition) is 1. The molecule has 1 aromatic carbocycles. The maximum absolute atomic E-state index is 12.0. The van der Waals surface area contributed by atoms with Gasteiger partial charge in [-0.15, -0.1) is 0 Å². The van der Waals surface area contributed by atoms with E-state index in [1.807, 2.05) is 13.8 Å². The van der Waals surface area contributed by atoms with Crippen molar-refractivity contribution in [2.45, 2.75) is 27.2 Å². The Labute approximate surface area is 138 Å². The third-order valence-corrected chi connectivity index (χ3v) is 3.28. The van der Waals surface area contributed by atoms with Crippen molar-refractivity contribution in [2.75, 3.05) is 18.5 Å². The molecule has 0 fully saturated rings. The molecular formula is C14H19N5O5. The summed E-state index contributed by atoms with van der Waals surface area (Å²) in [4.78, 5) is 33.9. The van der Waals surface area contributed by atoms with Crippen molar-refractivity contribution in [1.29, 1.82) is 0 Å². The first-order valence-electron chi connectivity index (χ1n) is 7.29. The van der Waals surface area contributed by atoms with Crippen molar-refractivity contribution in [3.63, 3.8) is 0 Å². The first kappa shape index (κ1) is 19.0. The van der Waals surface area contributed by atoms with Crippen molar-refractivity contribution >= 4 is 28.7 Å². The molecule has 0 aromatic heterocycles. The normalized spacial score (nSPS) is 11.0. The molecule has 0 bridgehead atoms. The Balaban J connectivity index is 2.91. The summed E-state index contributed by atoms with van der Waals surface area (Å²) in [6, 6.07) is 3.20. The highest BCUT2D eigenvalue weighted by atomic mass is 16.6. The van der Waals surface area contributed by atoms with Gasteiger partial charge in [-0.3, -0.25) is 30.4 Å². The highest BCUT2D eigenvalue weighted by Gasteiger charge is 2.19. The summed E-state index contributed by atoms with van der Waals surface area (Å²) in [5.41, 5.74) is 2.11. The van der Waals surface area contributed by atoms with Crippen LogP contribution in [-0.2, 0) is 4.79 Å². The van der Waals surface area contributed by atoms with Crippen LogP contribution in [0.5, 0.6) is 0 Å². The number of non-ortho nitro benzene ring substituents is 1. The Bertz CT molecular complexity index is 670. The summed E-state index contributed by atoms with van der Waals surface area (Å²) in [5, 5.41) is 25.7. The lowest BCUT2D eigenvalue weighted by Gasteiger charge is -2.18. The minimum absolute atomic E-state index is 0.0141. The van der Waals surface area contributed by atoms with Gasteiger partial charge in [-0.05, 0) is 26.8 Å². The summed E-state index contributed by atoms with van der Waals surface area (Å²) < 4.78 is 0. The zero-order chi connectivity index (χ0) is 18.3. The summed E-state index contributed by atoms with van der Waals surface area (Å²) in [7, 11) is 0. The quantitative estimate of drug-likeness (QED) is 0.440. The molecule has 0 atom stereocenters. The molecule has 0 saturated heterocycles. The lowest BCUT2D eigenvalue weighted by Crippen LogP contribution is -2.31. The Hall–Kier alpha value is -3.04. The summed E-state index contributed by atoms with van der Waals surface area (Å²) in [5.74, 6) is -0.0961. The molecule has 130 valence electrons. The van der Waals surface area contributed by atoms with Gasteiger partial charge >= 0.3 is 5.69 Å². The Morgan fingerprint density at radius 2 is 1.83 bits per heavy atom. The van der Waals surface area contributed by atoms with Gasteiger partial charge in [0.2, 0.25) is 5.91 Å². The molecule has 10 heteroatoms. The molecule has 0 saturated carbocycles. The zero-order valence-corrected chi connectivity index (χ0v) is 13.7. The van der Waals surface area contributed by atoms with Crippen molar-refractivity contribution in [3.8, 4) is 0 Å². The van der Waals surface area contributed by atoms with E-state index in [1.54, 1.807) is 11.8 Å². The third-order valence-electron chi connectivity index (χ3n) is 3.28.